The lowest BCUT2D eigenvalue weighted by atomic mass is 10.0. The summed E-state index contributed by atoms with van der Waals surface area (Å²) in [5.41, 5.74) is 5.34. The van der Waals surface area contributed by atoms with E-state index in [0.29, 0.717) is 24.9 Å². The van der Waals surface area contributed by atoms with E-state index in [-0.39, 0.29) is 11.7 Å². The summed E-state index contributed by atoms with van der Waals surface area (Å²) in [6.07, 6.45) is 4.23. The molecule has 3 aromatic rings. The number of benzene rings is 2. The second-order valence-corrected chi connectivity index (χ2v) is 6.79. The largest absolute Gasteiger partial charge is 0.356 e. The number of H-pyrrole nitrogens is 1. The molecular weight excluding hydrogens is 353 g/mol. The van der Waals surface area contributed by atoms with Crippen LogP contribution in [0.3, 0.4) is 0 Å². The van der Waals surface area contributed by atoms with E-state index in [1.807, 2.05) is 38.1 Å². The molecule has 142 valence electrons. The molecule has 0 fully saturated rings. The van der Waals surface area contributed by atoms with Crippen LogP contribution in [-0.2, 0) is 17.6 Å². The van der Waals surface area contributed by atoms with Gasteiger partial charge in [-0.3, -0.25) is 4.79 Å². The zero-order valence-electron chi connectivity index (χ0n) is 16.0. The molecule has 2 aromatic carbocycles. The van der Waals surface area contributed by atoms with E-state index < -0.39 is 0 Å². The van der Waals surface area contributed by atoms with Crippen LogP contribution in [0, 0.1) is 31.0 Å². The first-order valence-electron chi connectivity index (χ1n) is 9.17. The molecule has 1 aromatic heterocycles. The molecule has 28 heavy (non-hydrogen) atoms. The third-order valence-electron chi connectivity index (χ3n) is 4.79. The van der Waals surface area contributed by atoms with Gasteiger partial charge >= 0.3 is 0 Å². The summed E-state index contributed by atoms with van der Waals surface area (Å²) in [4.78, 5) is 15.2. The number of hydrogen-bond donors (Lipinski definition) is 2. The Kier molecular flexibility index (Phi) is 5.90. The summed E-state index contributed by atoms with van der Waals surface area (Å²) in [5.74, 6) is -0.441. The number of hydrogen-bond acceptors (Lipinski definition) is 2. The number of aromatic amines is 1. The Labute approximate surface area is 163 Å². The number of nitrogens with one attached hydrogen (secondary N) is 2. The summed E-state index contributed by atoms with van der Waals surface area (Å²) >= 11 is 0. The van der Waals surface area contributed by atoms with Crippen LogP contribution >= 0.6 is 0 Å². The summed E-state index contributed by atoms with van der Waals surface area (Å²) in [6.45, 7) is 4.35. The van der Waals surface area contributed by atoms with Crippen molar-refractivity contribution in [2.24, 2.45) is 0 Å². The number of fused-ring (bicyclic) bond motifs is 1. The van der Waals surface area contributed by atoms with Crippen molar-refractivity contribution in [2.45, 2.75) is 26.7 Å². The van der Waals surface area contributed by atoms with Gasteiger partial charge in [-0.05, 0) is 54.7 Å². The maximum Gasteiger partial charge on any atom is 0.244 e. The molecule has 0 bridgehead atoms. The van der Waals surface area contributed by atoms with Gasteiger partial charge in [0.2, 0.25) is 5.91 Å². The van der Waals surface area contributed by atoms with Crippen LogP contribution in [0.2, 0.25) is 0 Å². The molecule has 1 amide bonds. The number of rotatable bonds is 6. The molecule has 0 aliphatic heterocycles. The number of carbonyl (C=O) groups is 1. The predicted molar refractivity (Wildman–Crippen MR) is 109 cm³/mol. The lowest BCUT2D eigenvalue weighted by Gasteiger charge is -2.05. The van der Waals surface area contributed by atoms with Crippen LogP contribution in [0.1, 0.15) is 27.9 Å². The van der Waals surface area contributed by atoms with Crippen LogP contribution in [0.25, 0.3) is 17.0 Å². The van der Waals surface area contributed by atoms with Crippen molar-refractivity contribution >= 4 is 22.9 Å². The first-order chi connectivity index (χ1) is 13.5. The van der Waals surface area contributed by atoms with Crippen molar-refractivity contribution < 1.29 is 9.18 Å². The van der Waals surface area contributed by atoms with Crippen molar-refractivity contribution in [3.05, 3.63) is 76.2 Å². The Hall–Kier alpha value is -3.39. The maximum absolute atomic E-state index is 14.0. The van der Waals surface area contributed by atoms with E-state index in [1.165, 1.54) is 12.1 Å². The van der Waals surface area contributed by atoms with Crippen molar-refractivity contribution in [3.63, 3.8) is 0 Å². The maximum atomic E-state index is 14.0. The van der Waals surface area contributed by atoms with Crippen LogP contribution in [-0.4, -0.2) is 17.4 Å². The van der Waals surface area contributed by atoms with Crippen LogP contribution in [0.5, 0.6) is 0 Å². The average molecular weight is 375 g/mol. The lowest BCUT2D eigenvalue weighted by molar-refractivity contribution is -0.116. The molecule has 0 spiro atoms. The third kappa shape index (κ3) is 4.29. The molecule has 2 N–H and O–H groups in total. The van der Waals surface area contributed by atoms with Crippen LogP contribution in [0.15, 0.2) is 42.5 Å². The van der Waals surface area contributed by atoms with Gasteiger partial charge in [-0.2, -0.15) is 5.26 Å². The Bertz CT molecular complexity index is 1070. The highest BCUT2D eigenvalue weighted by atomic mass is 19.1. The van der Waals surface area contributed by atoms with Crippen LogP contribution in [0.4, 0.5) is 4.39 Å². The molecule has 0 aliphatic rings. The van der Waals surface area contributed by atoms with Crippen LogP contribution < -0.4 is 5.32 Å². The van der Waals surface area contributed by atoms with Gasteiger partial charge in [0.05, 0.1) is 18.0 Å². The van der Waals surface area contributed by atoms with Crippen molar-refractivity contribution in [1.29, 1.82) is 5.26 Å². The quantitative estimate of drug-likeness (QED) is 0.629. The van der Waals surface area contributed by atoms with E-state index in [2.05, 4.69) is 16.4 Å². The zero-order valence-corrected chi connectivity index (χ0v) is 16.0. The number of aryl methyl sites for hydroxylation is 2. The van der Waals surface area contributed by atoms with Gasteiger partial charge in [0, 0.05) is 23.7 Å². The van der Waals surface area contributed by atoms with Gasteiger partial charge in [0.1, 0.15) is 5.82 Å². The number of nitriles is 1. The zero-order chi connectivity index (χ0) is 20.1. The van der Waals surface area contributed by atoms with E-state index in [1.54, 1.807) is 12.1 Å². The number of nitrogens with zero attached hydrogens (tertiary/aromatic N) is 1. The molecule has 4 nitrogen and oxygen atoms in total. The Balaban J connectivity index is 1.60. The standard InChI is InChI=1S/C23H22FN3O/c1-15-3-9-20(24)23-22(15)19(16(2)27-23)12-14-26-21(28)10-8-17-4-6-18(7-5-17)11-13-25/h3-10,27H,11-12,14H2,1-2H3,(H,26,28)/b10-8+. The summed E-state index contributed by atoms with van der Waals surface area (Å²) in [7, 11) is 0. The molecule has 0 saturated heterocycles. The summed E-state index contributed by atoms with van der Waals surface area (Å²) in [5, 5.41) is 12.5. The Morgan fingerprint density at radius 1 is 1.21 bits per heavy atom. The highest BCUT2D eigenvalue weighted by Crippen LogP contribution is 2.27. The van der Waals surface area contributed by atoms with Gasteiger partial charge in [0.15, 0.2) is 0 Å². The van der Waals surface area contributed by atoms with Gasteiger partial charge in [-0.15, -0.1) is 0 Å². The lowest BCUT2D eigenvalue weighted by Crippen LogP contribution is -2.23. The van der Waals surface area contributed by atoms with Crippen molar-refractivity contribution in [3.8, 4) is 6.07 Å². The fourth-order valence-corrected chi connectivity index (χ4v) is 3.33. The smallest absolute Gasteiger partial charge is 0.244 e. The number of amides is 1. The fourth-order valence-electron chi connectivity index (χ4n) is 3.33. The molecule has 1 heterocycles. The first-order valence-corrected chi connectivity index (χ1v) is 9.17. The van der Waals surface area contributed by atoms with Crippen molar-refractivity contribution in [2.75, 3.05) is 6.54 Å². The topological polar surface area (TPSA) is 68.7 Å². The van der Waals surface area contributed by atoms with E-state index in [4.69, 9.17) is 5.26 Å². The van der Waals surface area contributed by atoms with E-state index in [9.17, 15) is 9.18 Å². The molecule has 0 saturated carbocycles. The van der Waals surface area contributed by atoms with Gasteiger partial charge in [-0.1, -0.05) is 30.3 Å². The van der Waals surface area contributed by atoms with E-state index in [0.717, 1.165) is 33.3 Å². The molecular formula is C23H22FN3O. The Morgan fingerprint density at radius 2 is 1.96 bits per heavy atom. The average Bonchev–Trinajstić information content (AvgIpc) is 3.02. The molecule has 0 radical (unpaired) electrons. The first kappa shape index (κ1) is 19.4. The minimum absolute atomic E-state index is 0.179. The monoisotopic (exact) mass is 375 g/mol. The molecule has 0 unspecified atom stereocenters. The summed E-state index contributed by atoms with van der Waals surface area (Å²) < 4.78 is 14.0. The molecule has 0 aliphatic carbocycles. The van der Waals surface area contributed by atoms with Gasteiger partial charge in [-0.25, -0.2) is 4.39 Å². The highest BCUT2D eigenvalue weighted by molar-refractivity contribution is 5.92. The second kappa shape index (κ2) is 8.53. The SMILES string of the molecule is Cc1[nH]c2c(F)ccc(C)c2c1CCNC(=O)/C=C/c1ccc(CC#N)cc1. The highest BCUT2D eigenvalue weighted by Gasteiger charge is 2.13. The number of halogens is 1. The normalized spacial score (nSPS) is 11.1. The summed E-state index contributed by atoms with van der Waals surface area (Å²) in [6, 6.07) is 12.9. The fraction of sp³-hybridized carbons (Fsp3) is 0.217. The third-order valence-corrected chi connectivity index (χ3v) is 4.79. The minimum Gasteiger partial charge on any atom is -0.356 e. The Morgan fingerprint density at radius 3 is 2.68 bits per heavy atom. The van der Waals surface area contributed by atoms with Gasteiger partial charge in [0.25, 0.3) is 0 Å². The number of aromatic nitrogens is 1. The molecule has 0 atom stereocenters. The minimum atomic E-state index is -0.261. The van der Waals surface area contributed by atoms with Gasteiger partial charge < -0.3 is 10.3 Å². The second-order valence-electron chi connectivity index (χ2n) is 6.79. The number of carbonyl (C=O) groups excluding carboxylic acids is 1. The molecule has 5 heteroatoms. The van der Waals surface area contributed by atoms with E-state index >= 15 is 0 Å². The molecule has 3 rings (SSSR count). The van der Waals surface area contributed by atoms with Crippen molar-refractivity contribution in [1.82, 2.24) is 10.3 Å². The predicted octanol–water partition coefficient (Wildman–Crippen LogP) is 4.36.